The van der Waals surface area contributed by atoms with Gasteiger partial charge in [0.25, 0.3) is 5.69 Å². The minimum absolute atomic E-state index is 0.406. The number of benzene rings is 1. The number of nitro benzene ring substituents is 1. The van der Waals surface area contributed by atoms with Gasteiger partial charge < -0.3 is 10.1 Å². The van der Waals surface area contributed by atoms with Crippen LogP contribution in [0.2, 0.25) is 0 Å². The second kappa shape index (κ2) is 6.07. The van der Waals surface area contributed by atoms with Crippen LogP contribution in [0.4, 0.5) is 36.8 Å². The van der Waals surface area contributed by atoms with E-state index in [4.69, 9.17) is 0 Å². The summed E-state index contributed by atoms with van der Waals surface area (Å²) in [6.07, 6.45) is -13.5. The van der Waals surface area contributed by atoms with Crippen molar-refractivity contribution in [1.29, 1.82) is 0 Å². The number of hydrogen-bond donors (Lipinski definition) is 1. The molecule has 6 nitrogen and oxygen atoms in total. The van der Waals surface area contributed by atoms with E-state index in [0.29, 0.717) is 5.32 Å². The topological polar surface area (TPSA) is 81.5 Å². The number of amides is 1. The largest absolute Gasteiger partial charge is 0.417 e. The van der Waals surface area contributed by atoms with Crippen molar-refractivity contribution < 1.29 is 40.8 Å². The van der Waals surface area contributed by atoms with Crippen molar-refractivity contribution in [2.75, 3.05) is 0 Å². The van der Waals surface area contributed by atoms with Crippen LogP contribution in [0.25, 0.3) is 0 Å². The predicted octanol–water partition coefficient (Wildman–Crippen LogP) is 3.18. The number of ether oxygens (including phenoxy) is 1. The third kappa shape index (κ3) is 4.79. The molecule has 0 aromatic heterocycles. The van der Waals surface area contributed by atoms with Gasteiger partial charge in [-0.15, -0.1) is 0 Å². The minimum atomic E-state index is -5.76. The average Bonchev–Trinajstić information content (AvgIpc) is 2.34. The monoisotopic (exact) mass is 332 g/mol. The molecule has 1 aromatic rings. The molecule has 0 saturated carbocycles. The zero-order valence-electron chi connectivity index (χ0n) is 10.2. The van der Waals surface area contributed by atoms with Gasteiger partial charge >= 0.3 is 18.4 Å². The highest BCUT2D eigenvalue weighted by Crippen LogP contribution is 2.33. The first kappa shape index (κ1) is 17.5. The second-order valence-electron chi connectivity index (χ2n) is 3.80. The molecule has 0 unspecified atom stereocenters. The molecule has 0 heterocycles. The van der Waals surface area contributed by atoms with Crippen molar-refractivity contribution in [3.63, 3.8) is 0 Å². The molecule has 0 aliphatic rings. The molecule has 12 heteroatoms. The summed E-state index contributed by atoms with van der Waals surface area (Å²) in [6.45, 7) is 0. The molecule has 1 rings (SSSR count). The molecule has 0 fully saturated rings. The van der Waals surface area contributed by atoms with E-state index < -0.39 is 40.8 Å². The van der Waals surface area contributed by atoms with Crippen molar-refractivity contribution in [3.8, 4) is 5.75 Å². The number of carbonyl (C=O) groups is 1. The normalized spacial score (nSPS) is 12.1. The lowest BCUT2D eigenvalue weighted by molar-refractivity contribution is -0.384. The highest BCUT2D eigenvalue weighted by molar-refractivity contribution is 5.71. The molecule has 1 aromatic carbocycles. The van der Waals surface area contributed by atoms with E-state index in [-0.39, 0.29) is 0 Å². The van der Waals surface area contributed by atoms with Gasteiger partial charge in [-0.1, -0.05) is 0 Å². The van der Waals surface area contributed by atoms with Crippen molar-refractivity contribution in [1.82, 2.24) is 5.32 Å². The van der Waals surface area contributed by atoms with Crippen molar-refractivity contribution in [2.24, 2.45) is 0 Å². The van der Waals surface area contributed by atoms with E-state index in [1.54, 1.807) is 0 Å². The quantitative estimate of drug-likeness (QED) is 0.524. The summed E-state index contributed by atoms with van der Waals surface area (Å²) in [7, 11) is 0. The van der Waals surface area contributed by atoms with E-state index in [1.165, 1.54) is 0 Å². The number of hydrogen-bond acceptors (Lipinski definition) is 4. The SMILES string of the molecule is O=C(NC(C(F)(F)F)C(F)(F)F)Oc1ccc([N+](=O)[O-])cc1. The fourth-order valence-corrected chi connectivity index (χ4v) is 1.24. The van der Waals surface area contributed by atoms with Crippen LogP contribution in [0.3, 0.4) is 0 Å². The third-order valence-electron chi connectivity index (χ3n) is 2.17. The number of non-ortho nitro benzene ring substituents is 1. The van der Waals surface area contributed by atoms with Gasteiger partial charge in [0.2, 0.25) is 6.04 Å². The molecule has 0 bridgehead atoms. The van der Waals surface area contributed by atoms with Crippen molar-refractivity contribution >= 4 is 11.8 Å². The fraction of sp³-hybridized carbons (Fsp3) is 0.300. The van der Waals surface area contributed by atoms with Crippen LogP contribution in [0.15, 0.2) is 24.3 Å². The van der Waals surface area contributed by atoms with Gasteiger partial charge in [-0.3, -0.25) is 10.1 Å². The number of nitro groups is 1. The molecule has 0 aliphatic carbocycles. The molecule has 0 radical (unpaired) electrons. The zero-order chi connectivity index (χ0) is 17.1. The number of carbonyl (C=O) groups excluding carboxylic acids is 1. The fourth-order valence-electron chi connectivity index (χ4n) is 1.24. The second-order valence-corrected chi connectivity index (χ2v) is 3.80. The van der Waals surface area contributed by atoms with Crippen LogP contribution >= 0.6 is 0 Å². The van der Waals surface area contributed by atoms with E-state index in [2.05, 4.69) is 4.74 Å². The maximum atomic E-state index is 12.2. The van der Waals surface area contributed by atoms with Gasteiger partial charge in [-0.05, 0) is 12.1 Å². The third-order valence-corrected chi connectivity index (χ3v) is 2.17. The van der Waals surface area contributed by atoms with Gasteiger partial charge in [0.05, 0.1) is 4.92 Å². The summed E-state index contributed by atoms with van der Waals surface area (Å²) in [6, 6.07) is -0.700. The van der Waals surface area contributed by atoms with E-state index >= 15 is 0 Å². The summed E-state index contributed by atoms with van der Waals surface area (Å²) >= 11 is 0. The Kier molecular flexibility index (Phi) is 4.84. The van der Waals surface area contributed by atoms with Crippen LogP contribution in [0, 0.1) is 10.1 Å². The smallest absolute Gasteiger partial charge is 0.410 e. The Labute approximate surface area is 117 Å². The number of nitrogens with zero attached hydrogens (tertiary/aromatic N) is 1. The standard InChI is InChI=1S/C10H6F6N2O4/c11-9(12,13)7(10(14,15)16)17-8(19)22-6-3-1-5(2-4-6)18(20)21/h1-4,7H,(H,17,19). The van der Waals surface area contributed by atoms with Crippen LogP contribution in [-0.2, 0) is 0 Å². The first-order valence-electron chi connectivity index (χ1n) is 5.27. The summed E-state index contributed by atoms with van der Waals surface area (Å²) in [5, 5.41) is 11.0. The molecule has 0 atom stereocenters. The van der Waals surface area contributed by atoms with Crippen LogP contribution in [0.5, 0.6) is 5.75 Å². The molecule has 22 heavy (non-hydrogen) atoms. The maximum absolute atomic E-state index is 12.2. The molecule has 1 N–H and O–H groups in total. The Morgan fingerprint density at radius 2 is 1.55 bits per heavy atom. The first-order chi connectivity index (χ1) is 9.91. The summed E-state index contributed by atoms with van der Waals surface area (Å²) in [4.78, 5) is 20.6. The molecule has 0 aliphatic heterocycles. The number of nitrogens with one attached hydrogen (secondary N) is 1. The van der Waals surface area contributed by atoms with Crippen LogP contribution in [0.1, 0.15) is 0 Å². The summed E-state index contributed by atoms with van der Waals surface area (Å²) < 4.78 is 77.3. The summed E-state index contributed by atoms with van der Waals surface area (Å²) in [5.74, 6) is -0.466. The molecule has 0 saturated heterocycles. The van der Waals surface area contributed by atoms with Gasteiger partial charge in [0.15, 0.2) is 0 Å². The van der Waals surface area contributed by atoms with Crippen LogP contribution in [-0.4, -0.2) is 29.4 Å². The Balaban J connectivity index is 2.78. The molecule has 1 amide bonds. The first-order valence-corrected chi connectivity index (χ1v) is 5.27. The lowest BCUT2D eigenvalue weighted by Gasteiger charge is -2.23. The highest BCUT2D eigenvalue weighted by Gasteiger charge is 2.57. The number of alkyl halides is 6. The molecular weight excluding hydrogens is 326 g/mol. The Morgan fingerprint density at radius 1 is 1.09 bits per heavy atom. The van der Waals surface area contributed by atoms with E-state index in [0.717, 1.165) is 24.3 Å². The molecule has 122 valence electrons. The van der Waals surface area contributed by atoms with E-state index in [1.807, 2.05) is 0 Å². The van der Waals surface area contributed by atoms with Crippen molar-refractivity contribution in [3.05, 3.63) is 34.4 Å². The van der Waals surface area contributed by atoms with Gasteiger partial charge in [0, 0.05) is 12.1 Å². The van der Waals surface area contributed by atoms with Crippen molar-refractivity contribution in [2.45, 2.75) is 18.4 Å². The summed E-state index contributed by atoms with van der Waals surface area (Å²) in [5.41, 5.74) is -0.406. The zero-order valence-corrected chi connectivity index (χ0v) is 10.2. The van der Waals surface area contributed by atoms with Gasteiger partial charge in [0.1, 0.15) is 5.75 Å². The molecule has 0 spiro atoms. The Bertz CT molecular complexity index is 540. The number of halogens is 6. The predicted molar refractivity (Wildman–Crippen MR) is 58.2 cm³/mol. The van der Waals surface area contributed by atoms with Gasteiger partial charge in [-0.2, -0.15) is 26.3 Å². The average molecular weight is 332 g/mol. The molecular formula is C10H6F6N2O4. The Morgan fingerprint density at radius 3 is 1.91 bits per heavy atom. The minimum Gasteiger partial charge on any atom is -0.410 e. The lowest BCUT2D eigenvalue weighted by Crippen LogP contribution is -2.55. The lowest BCUT2D eigenvalue weighted by atomic mass is 10.3. The van der Waals surface area contributed by atoms with Crippen LogP contribution < -0.4 is 10.1 Å². The Hall–Kier alpha value is -2.53. The number of rotatable bonds is 3. The highest BCUT2D eigenvalue weighted by atomic mass is 19.4. The maximum Gasteiger partial charge on any atom is 0.417 e. The van der Waals surface area contributed by atoms with Gasteiger partial charge in [-0.25, -0.2) is 4.79 Å². The van der Waals surface area contributed by atoms with E-state index in [9.17, 15) is 41.3 Å².